The molecule has 0 amide bonds. The van der Waals surface area contributed by atoms with Crippen LogP contribution in [0.5, 0.6) is 0 Å². The average molecular weight is 219 g/mol. The van der Waals surface area contributed by atoms with Gasteiger partial charge < -0.3 is 5.32 Å². The van der Waals surface area contributed by atoms with E-state index in [2.05, 4.69) is 5.32 Å². The number of alkyl halides is 3. The quantitative estimate of drug-likeness (QED) is 0.716. The minimum absolute atomic E-state index is 0.107. The Hall–Kier alpha value is -1.10. The fourth-order valence-corrected chi connectivity index (χ4v) is 1.59. The summed E-state index contributed by atoms with van der Waals surface area (Å²) in [5.74, 6) is -1.15. The third-order valence-electron chi connectivity index (χ3n) is 2.53. The molecular weight excluding hydrogens is 210 g/mol. The van der Waals surface area contributed by atoms with Crippen molar-refractivity contribution in [3.8, 4) is 0 Å². The van der Waals surface area contributed by atoms with Gasteiger partial charge in [-0.25, -0.2) is 4.39 Å². The molecular formula is C10H9F4N. The Balaban J connectivity index is 2.41. The molecule has 1 atom stereocenters. The highest BCUT2D eigenvalue weighted by Gasteiger charge is 2.36. The van der Waals surface area contributed by atoms with Crippen LogP contribution in [0.3, 0.4) is 0 Å². The molecule has 82 valence electrons. The van der Waals surface area contributed by atoms with Crippen molar-refractivity contribution < 1.29 is 17.6 Å². The first-order valence-corrected chi connectivity index (χ1v) is 4.59. The highest BCUT2D eigenvalue weighted by atomic mass is 19.4. The highest BCUT2D eigenvalue weighted by molar-refractivity contribution is 5.31. The molecule has 1 aromatic rings. The van der Waals surface area contributed by atoms with Crippen molar-refractivity contribution in [2.45, 2.75) is 18.6 Å². The summed E-state index contributed by atoms with van der Waals surface area (Å²) in [4.78, 5) is 0. The van der Waals surface area contributed by atoms with Gasteiger partial charge in [0.05, 0.1) is 5.56 Å². The molecule has 5 heteroatoms. The molecule has 0 saturated carbocycles. The van der Waals surface area contributed by atoms with E-state index in [0.29, 0.717) is 6.42 Å². The second-order valence-corrected chi connectivity index (χ2v) is 3.50. The maximum absolute atomic E-state index is 13.5. The molecule has 1 nitrogen and oxygen atoms in total. The SMILES string of the molecule is Fc1c([C@H]2CCN2)cccc1C(F)(F)F. The Bertz CT molecular complexity index is 368. The first-order valence-electron chi connectivity index (χ1n) is 4.59. The van der Waals surface area contributed by atoms with Crippen LogP contribution < -0.4 is 5.32 Å². The van der Waals surface area contributed by atoms with Gasteiger partial charge in [-0.05, 0) is 19.0 Å². The minimum atomic E-state index is -4.62. The maximum atomic E-state index is 13.5. The second-order valence-electron chi connectivity index (χ2n) is 3.50. The van der Waals surface area contributed by atoms with Gasteiger partial charge in [-0.15, -0.1) is 0 Å². The van der Waals surface area contributed by atoms with Crippen LogP contribution >= 0.6 is 0 Å². The third-order valence-corrected chi connectivity index (χ3v) is 2.53. The highest BCUT2D eigenvalue weighted by Crippen LogP contribution is 2.35. The monoisotopic (exact) mass is 219 g/mol. The van der Waals surface area contributed by atoms with Crippen LogP contribution in [0.25, 0.3) is 0 Å². The molecule has 15 heavy (non-hydrogen) atoms. The van der Waals surface area contributed by atoms with E-state index in [4.69, 9.17) is 0 Å². The largest absolute Gasteiger partial charge is 0.419 e. The first-order chi connectivity index (χ1) is 7.00. The van der Waals surface area contributed by atoms with E-state index in [0.717, 1.165) is 12.6 Å². The van der Waals surface area contributed by atoms with Gasteiger partial charge in [0.1, 0.15) is 5.82 Å². The number of nitrogens with one attached hydrogen (secondary N) is 1. The van der Waals surface area contributed by atoms with E-state index in [1.54, 1.807) is 0 Å². The molecule has 0 aliphatic carbocycles. The molecule has 1 saturated heterocycles. The van der Waals surface area contributed by atoms with Crippen molar-refractivity contribution in [1.29, 1.82) is 0 Å². The lowest BCUT2D eigenvalue weighted by molar-refractivity contribution is -0.140. The molecule has 0 radical (unpaired) electrons. The fraction of sp³-hybridized carbons (Fsp3) is 0.400. The summed E-state index contributed by atoms with van der Waals surface area (Å²) in [6, 6.07) is 3.12. The van der Waals surface area contributed by atoms with Gasteiger partial charge in [-0.2, -0.15) is 13.2 Å². The Labute approximate surface area is 84.1 Å². The third kappa shape index (κ3) is 1.84. The first kappa shape index (κ1) is 10.4. The molecule has 0 unspecified atom stereocenters. The summed E-state index contributed by atoms with van der Waals surface area (Å²) < 4.78 is 50.5. The lowest BCUT2D eigenvalue weighted by Gasteiger charge is -2.28. The molecule has 1 aliphatic rings. The standard InChI is InChI=1S/C10H9F4N/c11-9-6(8-4-5-15-8)2-1-3-7(9)10(12,13)14/h1-3,8,15H,4-5H2/t8-/m1/s1. The summed E-state index contributed by atoms with van der Waals surface area (Å²) in [5, 5.41) is 2.87. The van der Waals surface area contributed by atoms with Crippen LogP contribution in [0.4, 0.5) is 17.6 Å². The van der Waals surface area contributed by atoms with E-state index >= 15 is 0 Å². The Morgan fingerprint density at radius 2 is 1.93 bits per heavy atom. The minimum Gasteiger partial charge on any atom is -0.310 e. The topological polar surface area (TPSA) is 12.0 Å². The van der Waals surface area contributed by atoms with Gasteiger partial charge in [0.25, 0.3) is 0 Å². The van der Waals surface area contributed by atoms with Crippen molar-refractivity contribution in [1.82, 2.24) is 5.32 Å². The summed E-state index contributed by atoms with van der Waals surface area (Å²) in [6.07, 6.45) is -3.94. The van der Waals surface area contributed by atoms with Gasteiger partial charge in [-0.3, -0.25) is 0 Å². The van der Waals surface area contributed by atoms with Crippen molar-refractivity contribution in [3.05, 3.63) is 35.1 Å². The van der Waals surface area contributed by atoms with Gasteiger partial charge in [0.2, 0.25) is 0 Å². The predicted molar refractivity (Wildman–Crippen MR) is 46.8 cm³/mol. The van der Waals surface area contributed by atoms with Gasteiger partial charge in [-0.1, -0.05) is 12.1 Å². The molecule has 0 aromatic heterocycles. The molecule has 0 bridgehead atoms. The van der Waals surface area contributed by atoms with Crippen molar-refractivity contribution in [3.63, 3.8) is 0 Å². The van der Waals surface area contributed by atoms with E-state index in [-0.39, 0.29) is 11.6 Å². The smallest absolute Gasteiger partial charge is 0.310 e. The normalized spacial score (nSPS) is 21.2. The Morgan fingerprint density at radius 3 is 2.40 bits per heavy atom. The van der Waals surface area contributed by atoms with Crippen LogP contribution in [0.1, 0.15) is 23.6 Å². The molecule has 1 N–H and O–H groups in total. The average Bonchev–Trinajstić information content (AvgIpc) is 2.03. The Morgan fingerprint density at radius 1 is 1.27 bits per heavy atom. The van der Waals surface area contributed by atoms with Crippen LogP contribution in [0.15, 0.2) is 18.2 Å². The fourth-order valence-electron chi connectivity index (χ4n) is 1.59. The predicted octanol–water partition coefficient (Wildman–Crippen LogP) is 2.88. The molecule has 1 aliphatic heterocycles. The molecule has 0 spiro atoms. The van der Waals surface area contributed by atoms with Crippen LogP contribution in [0, 0.1) is 5.82 Å². The van der Waals surface area contributed by atoms with Crippen molar-refractivity contribution in [2.24, 2.45) is 0 Å². The number of halogens is 4. The van der Waals surface area contributed by atoms with Gasteiger partial charge in [0.15, 0.2) is 0 Å². The van der Waals surface area contributed by atoms with Crippen molar-refractivity contribution in [2.75, 3.05) is 6.54 Å². The molecule has 1 heterocycles. The zero-order valence-electron chi connectivity index (χ0n) is 7.74. The van der Waals surface area contributed by atoms with Crippen LogP contribution in [-0.2, 0) is 6.18 Å². The van der Waals surface area contributed by atoms with Crippen LogP contribution in [0.2, 0.25) is 0 Å². The van der Waals surface area contributed by atoms with E-state index in [1.165, 1.54) is 12.1 Å². The van der Waals surface area contributed by atoms with E-state index in [1.807, 2.05) is 0 Å². The molecule has 1 aromatic carbocycles. The second kappa shape index (κ2) is 3.48. The lowest BCUT2D eigenvalue weighted by Crippen LogP contribution is -2.35. The number of hydrogen-bond acceptors (Lipinski definition) is 1. The summed E-state index contributed by atoms with van der Waals surface area (Å²) in [6.45, 7) is 0.723. The van der Waals surface area contributed by atoms with Crippen molar-refractivity contribution >= 4 is 0 Å². The van der Waals surface area contributed by atoms with Gasteiger partial charge >= 0.3 is 6.18 Å². The Kier molecular flexibility index (Phi) is 2.42. The van der Waals surface area contributed by atoms with E-state index in [9.17, 15) is 17.6 Å². The number of hydrogen-bond donors (Lipinski definition) is 1. The zero-order chi connectivity index (χ0) is 11.1. The van der Waals surface area contributed by atoms with Gasteiger partial charge in [0, 0.05) is 11.6 Å². The molecule has 1 fully saturated rings. The number of benzene rings is 1. The summed E-state index contributed by atoms with van der Waals surface area (Å²) in [7, 11) is 0. The maximum Gasteiger partial charge on any atom is 0.419 e. The molecule has 2 rings (SSSR count). The summed E-state index contributed by atoms with van der Waals surface area (Å²) in [5.41, 5.74) is -1.08. The van der Waals surface area contributed by atoms with E-state index < -0.39 is 17.6 Å². The lowest BCUT2D eigenvalue weighted by atomic mass is 9.95. The number of rotatable bonds is 1. The summed E-state index contributed by atoms with van der Waals surface area (Å²) >= 11 is 0. The van der Waals surface area contributed by atoms with Crippen LogP contribution in [-0.4, -0.2) is 6.54 Å². The zero-order valence-corrected chi connectivity index (χ0v) is 7.74.